The lowest BCUT2D eigenvalue weighted by atomic mass is 9.91. The summed E-state index contributed by atoms with van der Waals surface area (Å²) < 4.78 is 2.45. The van der Waals surface area contributed by atoms with Crippen LogP contribution in [0.15, 0.2) is 24.3 Å². The molecule has 1 aliphatic rings. The van der Waals surface area contributed by atoms with Crippen LogP contribution in [0.25, 0.3) is 0 Å². The van der Waals surface area contributed by atoms with Crippen LogP contribution in [0, 0.1) is 0 Å². The topological polar surface area (TPSA) is 3.01 Å². The van der Waals surface area contributed by atoms with Crippen molar-refractivity contribution in [3.8, 4) is 0 Å². The standard InChI is InChI=1S/C14H20N/c1-13(2,3)15-10-11-8-6-7-9-12(11)14(15,4)5/h6-10H,1-5H3/q+1. The van der Waals surface area contributed by atoms with Crippen molar-refractivity contribution >= 4 is 6.21 Å². The molecular weight excluding hydrogens is 182 g/mol. The van der Waals surface area contributed by atoms with E-state index in [2.05, 4.69) is 69.7 Å². The van der Waals surface area contributed by atoms with E-state index in [0.717, 1.165) is 0 Å². The summed E-state index contributed by atoms with van der Waals surface area (Å²) in [6.07, 6.45) is 2.29. The molecule has 1 aliphatic heterocycles. The highest BCUT2D eigenvalue weighted by Gasteiger charge is 2.45. The van der Waals surface area contributed by atoms with Gasteiger partial charge in [0.2, 0.25) is 0 Å². The number of fused-ring (bicyclic) bond motifs is 1. The van der Waals surface area contributed by atoms with Crippen LogP contribution in [-0.2, 0) is 5.54 Å². The van der Waals surface area contributed by atoms with Gasteiger partial charge in [-0.15, -0.1) is 0 Å². The molecule has 1 aromatic carbocycles. The summed E-state index contributed by atoms with van der Waals surface area (Å²) in [5.41, 5.74) is 3.06. The Kier molecular flexibility index (Phi) is 2.04. The molecule has 80 valence electrons. The largest absolute Gasteiger partial charge is 0.222 e. The van der Waals surface area contributed by atoms with E-state index in [9.17, 15) is 0 Å². The number of rotatable bonds is 0. The van der Waals surface area contributed by atoms with Crippen molar-refractivity contribution in [3.05, 3.63) is 35.4 Å². The lowest BCUT2D eigenvalue weighted by Crippen LogP contribution is -2.42. The van der Waals surface area contributed by atoms with Gasteiger partial charge in [-0.25, -0.2) is 4.58 Å². The SMILES string of the molecule is CC(C)(C)[N+]1=Cc2ccccc2C1(C)C. The average Bonchev–Trinajstić information content (AvgIpc) is 2.39. The van der Waals surface area contributed by atoms with Gasteiger partial charge in [0.05, 0.1) is 0 Å². The van der Waals surface area contributed by atoms with Gasteiger partial charge in [0, 0.05) is 25.0 Å². The molecule has 0 fully saturated rings. The summed E-state index contributed by atoms with van der Waals surface area (Å²) >= 11 is 0. The fourth-order valence-corrected chi connectivity index (χ4v) is 2.63. The van der Waals surface area contributed by atoms with Crippen molar-refractivity contribution in [3.63, 3.8) is 0 Å². The summed E-state index contributed by atoms with van der Waals surface area (Å²) in [5.74, 6) is 0. The first-order chi connectivity index (χ1) is 6.83. The Morgan fingerprint density at radius 2 is 1.67 bits per heavy atom. The molecule has 0 aliphatic carbocycles. The van der Waals surface area contributed by atoms with Gasteiger partial charge in [-0.2, -0.15) is 0 Å². The Morgan fingerprint density at radius 1 is 1.07 bits per heavy atom. The van der Waals surface area contributed by atoms with Gasteiger partial charge in [-0.1, -0.05) is 18.2 Å². The maximum absolute atomic E-state index is 2.45. The summed E-state index contributed by atoms with van der Waals surface area (Å²) in [4.78, 5) is 0. The lowest BCUT2D eigenvalue weighted by Gasteiger charge is -2.27. The Balaban J connectivity index is 2.59. The zero-order valence-electron chi connectivity index (χ0n) is 10.3. The van der Waals surface area contributed by atoms with Crippen molar-refractivity contribution in [2.24, 2.45) is 0 Å². The molecule has 0 N–H and O–H groups in total. The van der Waals surface area contributed by atoms with Gasteiger partial charge in [0.1, 0.15) is 0 Å². The molecule has 0 spiro atoms. The maximum atomic E-state index is 2.45. The minimum absolute atomic E-state index is 0.106. The van der Waals surface area contributed by atoms with Crippen molar-refractivity contribution in [1.82, 2.24) is 0 Å². The zero-order valence-corrected chi connectivity index (χ0v) is 10.3. The van der Waals surface area contributed by atoms with Crippen LogP contribution in [0.3, 0.4) is 0 Å². The normalized spacial score (nSPS) is 18.6. The fraction of sp³-hybridized carbons (Fsp3) is 0.500. The molecule has 1 nitrogen and oxygen atoms in total. The third kappa shape index (κ3) is 1.50. The highest BCUT2D eigenvalue weighted by Crippen LogP contribution is 2.35. The molecule has 0 amide bonds. The molecular formula is C14H20N+. The van der Waals surface area contributed by atoms with Crippen LogP contribution >= 0.6 is 0 Å². The molecule has 1 heteroatoms. The molecule has 0 unspecified atom stereocenters. The minimum atomic E-state index is 0.106. The first-order valence-electron chi connectivity index (χ1n) is 5.57. The van der Waals surface area contributed by atoms with Crippen molar-refractivity contribution < 1.29 is 4.58 Å². The van der Waals surface area contributed by atoms with E-state index in [1.165, 1.54) is 11.1 Å². The molecule has 15 heavy (non-hydrogen) atoms. The molecule has 0 saturated heterocycles. The van der Waals surface area contributed by atoms with Crippen LogP contribution in [0.4, 0.5) is 0 Å². The summed E-state index contributed by atoms with van der Waals surface area (Å²) in [6.45, 7) is 11.4. The Labute approximate surface area is 92.5 Å². The average molecular weight is 202 g/mol. The van der Waals surface area contributed by atoms with Crippen molar-refractivity contribution in [2.75, 3.05) is 0 Å². The first-order valence-corrected chi connectivity index (χ1v) is 5.57. The van der Waals surface area contributed by atoms with E-state index in [1.807, 2.05) is 0 Å². The van der Waals surface area contributed by atoms with Crippen LogP contribution in [0.5, 0.6) is 0 Å². The Morgan fingerprint density at radius 3 is 2.20 bits per heavy atom. The minimum Gasteiger partial charge on any atom is -0.222 e. The predicted octanol–water partition coefficient (Wildman–Crippen LogP) is 3.17. The quantitative estimate of drug-likeness (QED) is 0.568. The second-order valence-electron chi connectivity index (χ2n) is 5.82. The zero-order chi connectivity index (χ0) is 11.3. The summed E-state index contributed by atoms with van der Waals surface area (Å²) in [7, 11) is 0. The maximum Gasteiger partial charge on any atom is 0.183 e. The van der Waals surface area contributed by atoms with E-state index in [-0.39, 0.29) is 11.1 Å². The van der Waals surface area contributed by atoms with Gasteiger partial charge in [-0.3, -0.25) is 0 Å². The number of hydrogen-bond acceptors (Lipinski definition) is 0. The Bertz CT molecular complexity index is 419. The van der Waals surface area contributed by atoms with Gasteiger partial charge < -0.3 is 0 Å². The first kappa shape index (κ1) is 10.4. The Hall–Kier alpha value is -1.11. The van der Waals surface area contributed by atoms with Gasteiger partial charge >= 0.3 is 0 Å². The fourth-order valence-electron chi connectivity index (χ4n) is 2.63. The van der Waals surface area contributed by atoms with Gasteiger partial charge in [0.25, 0.3) is 0 Å². The third-order valence-corrected chi connectivity index (χ3v) is 3.21. The summed E-state index contributed by atoms with van der Waals surface area (Å²) in [6, 6.07) is 8.67. The van der Waals surface area contributed by atoms with E-state index in [4.69, 9.17) is 0 Å². The van der Waals surface area contributed by atoms with E-state index < -0.39 is 0 Å². The van der Waals surface area contributed by atoms with Crippen LogP contribution in [0.1, 0.15) is 45.7 Å². The molecule has 0 saturated carbocycles. The van der Waals surface area contributed by atoms with Crippen LogP contribution in [-0.4, -0.2) is 16.3 Å². The number of benzene rings is 1. The molecule has 0 bridgehead atoms. The number of nitrogens with zero attached hydrogens (tertiary/aromatic N) is 1. The van der Waals surface area contributed by atoms with E-state index in [1.54, 1.807) is 0 Å². The molecule has 0 aromatic heterocycles. The third-order valence-electron chi connectivity index (χ3n) is 3.21. The highest BCUT2D eigenvalue weighted by molar-refractivity contribution is 5.81. The molecule has 2 rings (SSSR count). The monoisotopic (exact) mass is 202 g/mol. The van der Waals surface area contributed by atoms with E-state index in [0.29, 0.717) is 0 Å². The predicted molar refractivity (Wildman–Crippen MR) is 64.6 cm³/mol. The molecule has 1 heterocycles. The smallest absolute Gasteiger partial charge is 0.183 e. The molecule has 1 aromatic rings. The van der Waals surface area contributed by atoms with Crippen molar-refractivity contribution in [1.29, 1.82) is 0 Å². The van der Waals surface area contributed by atoms with E-state index >= 15 is 0 Å². The highest BCUT2D eigenvalue weighted by atomic mass is 15.1. The lowest BCUT2D eigenvalue weighted by molar-refractivity contribution is -0.661. The second-order valence-corrected chi connectivity index (χ2v) is 5.82. The van der Waals surface area contributed by atoms with Crippen LogP contribution in [0.2, 0.25) is 0 Å². The summed E-state index contributed by atoms with van der Waals surface area (Å²) in [5, 5.41) is 0. The van der Waals surface area contributed by atoms with Crippen LogP contribution < -0.4 is 0 Å². The van der Waals surface area contributed by atoms with Crippen molar-refractivity contribution in [2.45, 2.75) is 45.7 Å². The van der Waals surface area contributed by atoms with Gasteiger partial charge in [0.15, 0.2) is 17.3 Å². The second kappa shape index (κ2) is 2.94. The number of hydrogen-bond donors (Lipinski definition) is 0. The molecule has 0 radical (unpaired) electrons. The molecule has 0 atom stereocenters. The van der Waals surface area contributed by atoms with Gasteiger partial charge in [-0.05, 0) is 26.8 Å².